The summed E-state index contributed by atoms with van der Waals surface area (Å²) in [5.74, 6) is 0. The van der Waals surface area contributed by atoms with Crippen LogP contribution in [0.25, 0.3) is 0 Å². The molecule has 2 saturated heterocycles. The van der Waals surface area contributed by atoms with Crippen molar-refractivity contribution in [3.05, 3.63) is 33.1 Å². The number of nitrogens with one attached hydrogen (secondary N) is 3. The molecule has 24 heavy (non-hydrogen) atoms. The lowest BCUT2D eigenvalue weighted by atomic mass is 10.2. The first-order valence-electron chi connectivity index (χ1n) is 8.23. The van der Waals surface area contributed by atoms with Gasteiger partial charge in [-0.1, -0.05) is 0 Å². The van der Waals surface area contributed by atoms with E-state index in [9.17, 15) is 14.4 Å². The first kappa shape index (κ1) is 16.7. The standard InChI is InChI=1S/C15H22N4O5/c20-12-5-7-19(14(21)18-12)13-4-3-11(24-13)9-23-15(22)17-8-10-2-1-6-16-10/h5,7,10-11,13,16H,1-4,6,8-9H2,(H,17,22)(H,18,20,21). The van der Waals surface area contributed by atoms with Crippen molar-refractivity contribution in [2.75, 3.05) is 19.7 Å². The van der Waals surface area contributed by atoms with Crippen LogP contribution in [0.5, 0.6) is 0 Å². The van der Waals surface area contributed by atoms with E-state index in [0.29, 0.717) is 25.4 Å². The Balaban J connectivity index is 1.41. The van der Waals surface area contributed by atoms with Crippen molar-refractivity contribution < 1.29 is 14.3 Å². The Morgan fingerprint density at radius 2 is 2.25 bits per heavy atom. The Morgan fingerprint density at radius 1 is 1.38 bits per heavy atom. The topological polar surface area (TPSA) is 114 Å². The van der Waals surface area contributed by atoms with Crippen LogP contribution < -0.4 is 21.9 Å². The molecule has 0 saturated carbocycles. The molecule has 1 amide bonds. The number of ether oxygens (including phenoxy) is 2. The summed E-state index contributed by atoms with van der Waals surface area (Å²) in [6.07, 6.45) is 3.72. The van der Waals surface area contributed by atoms with Crippen LogP contribution in [0, 0.1) is 0 Å². The molecule has 3 N–H and O–H groups in total. The molecule has 1 aromatic heterocycles. The molecule has 3 heterocycles. The maximum Gasteiger partial charge on any atom is 0.407 e. The predicted molar refractivity (Wildman–Crippen MR) is 84.8 cm³/mol. The van der Waals surface area contributed by atoms with Crippen LogP contribution in [0.1, 0.15) is 31.9 Å². The van der Waals surface area contributed by atoms with Crippen molar-refractivity contribution in [3.63, 3.8) is 0 Å². The van der Waals surface area contributed by atoms with E-state index in [4.69, 9.17) is 9.47 Å². The molecule has 3 rings (SSSR count). The van der Waals surface area contributed by atoms with Gasteiger partial charge in [0.2, 0.25) is 0 Å². The maximum absolute atomic E-state index is 11.7. The van der Waals surface area contributed by atoms with Crippen molar-refractivity contribution in [3.8, 4) is 0 Å². The van der Waals surface area contributed by atoms with Crippen molar-refractivity contribution in [1.82, 2.24) is 20.2 Å². The van der Waals surface area contributed by atoms with E-state index >= 15 is 0 Å². The van der Waals surface area contributed by atoms with Gasteiger partial charge in [-0.3, -0.25) is 14.3 Å². The molecule has 1 aromatic rings. The van der Waals surface area contributed by atoms with E-state index in [0.717, 1.165) is 19.4 Å². The lowest BCUT2D eigenvalue weighted by molar-refractivity contribution is -0.0283. The van der Waals surface area contributed by atoms with Gasteiger partial charge in [-0.15, -0.1) is 0 Å². The Labute approximate surface area is 138 Å². The second-order valence-corrected chi connectivity index (χ2v) is 6.08. The number of hydrogen-bond donors (Lipinski definition) is 3. The van der Waals surface area contributed by atoms with Crippen LogP contribution in [-0.4, -0.2) is 47.5 Å². The van der Waals surface area contributed by atoms with Crippen molar-refractivity contribution >= 4 is 6.09 Å². The van der Waals surface area contributed by atoms with Crippen LogP contribution in [0.2, 0.25) is 0 Å². The Morgan fingerprint density at radius 3 is 3.00 bits per heavy atom. The first-order valence-corrected chi connectivity index (χ1v) is 8.23. The van der Waals surface area contributed by atoms with Crippen LogP contribution >= 0.6 is 0 Å². The van der Waals surface area contributed by atoms with E-state index in [-0.39, 0.29) is 12.7 Å². The second-order valence-electron chi connectivity index (χ2n) is 6.08. The van der Waals surface area contributed by atoms with Gasteiger partial charge in [0.05, 0.1) is 6.10 Å². The predicted octanol–water partition coefficient (Wildman–Crippen LogP) is -0.308. The van der Waals surface area contributed by atoms with Crippen molar-refractivity contribution in [2.24, 2.45) is 0 Å². The molecular formula is C15H22N4O5. The summed E-state index contributed by atoms with van der Waals surface area (Å²) in [5, 5.41) is 6.02. The van der Waals surface area contributed by atoms with Gasteiger partial charge >= 0.3 is 11.8 Å². The van der Waals surface area contributed by atoms with Crippen LogP contribution in [0.15, 0.2) is 21.9 Å². The highest BCUT2D eigenvalue weighted by Gasteiger charge is 2.28. The fourth-order valence-corrected chi connectivity index (χ4v) is 3.03. The monoisotopic (exact) mass is 338 g/mol. The molecule has 0 spiro atoms. The van der Waals surface area contributed by atoms with E-state index in [2.05, 4.69) is 15.6 Å². The second kappa shape index (κ2) is 7.63. The van der Waals surface area contributed by atoms with Crippen LogP contribution in [-0.2, 0) is 9.47 Å². The normalized spacial score (nSPS) is 26.4. The number of aromatic nitrogens is 2. The van der Waals surface area contributed by atoms with Gasteiger partial charge in [-0.25, -0.2) is 9.59 Å². The maximum atomic E-state index is 11.7. The number of aromatic amines is 1. The number of nitrogens with zero attached hydrogens (tertiary/aromatic N) is 1. The van der Waals surface area contributed by atoms with Crippen molar-refractivity contribution in [2.45, 2.75) is 44.1 Å². The van der Waals surface area contributed by atoms with Gasteiger partial charge in [-0.2, -0.15) is 0 Å². The molecule has 3 atom stereocenters. The molecular weight excluding hydrogens is 316 g/mol. The number of carbonyl (C=O) groups excluding carboxylic acids is 1. The Hall–Kier alpha value is -2.13. The molecule has 132 valence electrons. The average molecular weight is 338 g/mol. The third-order valence-electron chi connectivity index (χ3n) is 4.30. The smallest absolute Gasteiger partial charge is 0.407 e. The van der Waals surface area contributed by atoms with E-state index in [1.54, 1.807) is 0 Å². The largest absolute Gasteiger partial charge is 0.447 e. The van der Waals surface area contributed by atoms with Crippen LogP contribution in [0.3, 0.4) is 0 Å². The fourth-order valence-electron chi connectivity index (χ4n) is 3.03. The molecule has 0 aliphatic carbocycles. The van der Waals surface area contributed by atoms with Gasteiger partial charge in [-0.05, 0) is 32.2 Å². The number of amides is 1. The van der Waals surface area contributed by atoms with Gasteiger partial charge < -0.3 is 20.1 Å². The summed E-state index contributed by atoms with van der Waals surface area (Å²) < 4.78 is 12.2. The lowest BCUT2D eigenvalue weighted by Crippen LogP contribution is -2.38. The fraction of sp³-hybridized carbons (Fsp3) is 0.667. The Bertz CT molecular complexity index is 679. The highest BCUT2D eigenvalue weighted by Crippen LogP contribution is 2.26. The zero-order valence-electron chi connectivity index (χ0n) is 13.3. The molecule has 9 heteroatoms. The zero-order valence-corrected chi connectivity index (χ0v) is 13.3. The molecule has 2 aliphatic rings. The highest BCUT2D eigenvalue weighted by molar-refractivity contribution is 5.67. The summed E-state index contributed by atoms with van der Waals surface area (Å²) >= 11 is 0. The van der Waals surface area contributed by atoms with Gasteiger partial charge in [0.25, 0.3) is 5.56 Å². The molecule has 3 unspecified atom stereocenters. The zero-order chi connectivity index (χ0) is 16.9. The minimum Gasteiger partial charge on any atom is -0.447 e. The van der Waals surface area contributed by atoms with E-state index in [1.807, 2.05) is 0 Å². The van der Waals surface area contributed by atoms with Crippen LogP contribution in [0.4, 0.5) is 4.79 Å². The minimum atomic E-state index is -0.504. The molecule has 2 fully saturated rings. The molecule has 0 aromatic carbocycles. The van der Waals surface area contributed by atoms with Gasteiger partial charge in [0.15, 0.2) is 0 Å². The van der Waals surface area contributed by atoms with Gasteiger partial charge in [0.1, 0.15) is 12.8 Å². The molecule has 0 bridgehead atoms. The number of H-pyrrole nitrogens is 1. The summed E-state index contributed by atoms with van der Waals surface area (Å²) in [4.78, 5) is 36.7. The third kappa shape index (κ3) is 4.24. The lowest BCUT2D eigenvalue weighted by Gasteiger charge is -2.16. The summed E-state index contributed by atoms with van der Waals surface area (Å²) in [5.41, 5.74) is -0.946. The average Bonchev–Trinajstić information content (AvgIpc) is 3.22. The number of carbonyl (C=O) groups is 1. The van der Waals surface area contributed by atoms with E-state index < -0.39 is 23.6 Å². The SMILES string of the molecule is O=C(NCC1CCCN1)OCC1CCC(n2ccc(=O)[nH]c2=O)O1. The third-order valence-corrected chi connectivity index (χ3v) is 4.30. The Kier molecular flexibility index (Phi) is 5.31. The molecule has 2 aliphatic heterocycles. The highest BCUT2D eigenvalue weighted by atomic mass is 16.6. The number of alkyl carbamates (subject to hydrolysis) is 1. The number of rotatable bonds is 5. The quantitative estimate of drug-likeness (QED) is 0.679. The first-order chi connectivity index (χ1) is 11.6. The summed E-state index contributed by atoms with van der Waals surface area (Å²) in [7, 11) is 0. The summed E-state index contributed by atoms with van der Waals surface area (Å²) in [6.45, 7) is 1.68. The van der Waals surface area contributed by atoms with Crippen molar-refractivity contribution in [1.29, 1.82) is 0 Å². The van der Waals surface area contributed by atoms with E-state index in [1.165, 1.54) is 16.8 Å². The minimum absolute atomic E-state index is 0.137. The molecule has 0 radical (unpaired) electrons. The van der Waals surface area contributed by atoms with Gasteiger partial charge in [0, 0.05) is 24.8 Å². The summed E-state index contributed by atoms with van der Waals surface area (Å²) in [6, 6.07) is 1.59. The molecule has 9 nitrogen and oxygen atoms in total. The number of hydrogen-bond acceptors (Lipinski definition) is 6.